The number of benzene rings is 1. The molecule has 0 atom stereocenters. The lowest BCUT2D eigenvalue weighted by atomic mass is 9.77. The van der Waals surface area contributed by atoms with Crippen LogP contribution in [0.2, 0.25) is 0 Å². The number of unbranched alkanes of at least 4 members (excludes halogenated alkanes) is 4. The normalized spacial score (nSPS) is 20.6. The van der Waals surface area contributed by atoms with Gasteiger partial charge in [-0.25, -0.2) is 4.39 Å². The number of halogens is 2. The van der Waals surface area contributed by atoms with Gasteiger partial charge in [0.2, 0.25) is 5.82 Å². The van der Waals surface area contributed by atoms with Crippen molar-refractivity contribution in [1.29, 1.82) is 0 Å². The van der Waals surface area contributed by atoms with Crippen molar-refractivity contribution in [2.75, 3.05) is 6.61 Å². The van der Waals surface area contributed by atoms with Gasteiger partial charge >= 0.3 is 0 Å². The molecule has 0 bridgehead atoms. The second-order valence-corrected chi connectivity index (χ2v) is 7.55. The molecule has 1 aromatic carbocycles. The van der Waals surface area contributed by atoms with E-state index in [1.54, 1.807) is 12.1 Å². The summed E-state index contributed by atoms with van der Waals surface area (Å²) >= 11 is 0. The molecule has 0 amide bonds. The summed E-state index contributed by atoms with van der Waals surface area (Å²) < 4.78 is 33.9. The Labute approximate surface area is 152 Å². The van der Waals surface area contributed by atoms with Crippen molar-refractivity contribution in [1.82, 2.24) is 0 Å². The van der Waals surface area contributed by atoms with Crippen LogP contribution in [0.15, 0.2) is 12.1 Å². The van der Waals surface area contributed by atoms with E-state index >= 15 is 0 Å². The molecule has 25 heavy (non-hydrogen) atoms. The minimum atomic E-state index is -0.816. The van der Waals surface area contributed by atoms with Gasteiger partial charge in [-0.05, 0) is 55.6 Å². The molecule has 0 unspecified atom stereocenters. The summed E-state index contributed by atoms with van der Waals surface area (Å²) in [7, 11) is 0. The Balaban J connectivity index is 1.83. The van der Waals surface area contributed by atoms with Gasteiger partial charge < -0.3 is 4.74 Å². The molecule has 0 saturated heterocycles. The van der Waals surface area contributed by atoms with Crippen LogP contribution in [-0.4, -0.2) is 6.61 Å². The number of hydrogen-bond donors (Lipinski definition) is 0. The molecule has 0 radical (unpaired) electrons. The van der Waals surface area contributed by atoms with Crippen molar-refractivity contribution >= 4 is 0 Å². The van der Waals surface area contributed by atoms with Gasteiger partial charge in [-0.1, -0.05) is 58.4 Å². The maximum Gasteiger partial charge on any atom is 0.200 e. The average Bonchev–Trinajstić information content (AvgIpc) is 2.63. The molecule has 0 spiro atoms. The van der Waals surface area contributed by atoms with E-state index in [1.807, 2.05) is 6.92 Å². The standard InChI is InChI=1S/C22H34F2O/c1-3-5-6-7-8-9-17-10-12-18(13-11-17)19-14-15-20(25-16-4-2)22(24)21(19)23/h14-15,17-18H,3-13,16H2,1-2H3. The first-order chi connectivity index (χ1) is 12.2. The Morgan fingerprint density at radius 2 is 1.60 bits per heavy atom. The highest BCUT2D eigenvalue weighted by Crippen LogP contribution is 2.40. The fraction of sp³-hybridized carbons (Fsp3) is 0.727. The first-order valence-electron chi connectivity index (χ1n) is 10.3. The molecule has 0 N–H and O–H groups in total. The van der Waals surface area contributed by atoms with Crippen LogP contribution in [0.5, 0.6) is 5.75 Å². The van der Waals surface area contributed by atoms with Gasteiger partial charge in [0.25, 0.3) is 0 Å². The lowest BCUT2D eigenvalue weighted by molar-refractivity contribution is 0.285. The highest BCUT2D eigenvalue weighted by Gasteiger charge is 2.26. The summed E-state index contributed by atoms with van der Waals surface area (Å²) in [4.78, 5) is 0. The monoisotopic (exact) mass is 352 g/mol. The Bertz CT molecular complexity index is 507. The predicted molar refractivity (Wildman–Crippen MR) is 100 cm³/mol. The SMILES string of the molecule is CCCCCCCC1CCC(c2ccc(OCCC)c(F)c2F)CC1. The van der Waals surface area contributed by atoms with Crippen LogP contribution in [0.1, 0.15) is 96.0 Å². The summed E-state index contributed by atoms with van der Waals surface area (Å²) in [6.07, 6.45) is 13.0. The van der Waals surface area contributed by atoms with Gasteiger partial charge in [0.05, 0.1) is 6.61 Å². The minimum absolute atomic E-state index is 0.0452. The third-order valence-corrected chi connectivity index (χ3v) is 5.54. The van der Waals surface area contributed by atoms with E-state index < -0.39 is 11.6 Å². The fourth-order valence-electron chi connectivity index (χ4n) is 3.98. The van der Waals surface area contributed by atoms with Crippen LogP contribution >= 0.6 is 0 Å². The molecule has 0 aliphatic heterocycles. The lowest BCUT2D eigenvalue weighted by Gasteiger charge is -2.29. The van der Waals surface area contributed by atoms with Crippen LogP contribution in [0.25, 0.3) is 0 Å². The Hall–Kier alpha value is -1.12. The summed E-state index contributed by atoms with van der Waals surface area (Å²) in [6, 6.07) is 3.34. The third kappa shape index (κ3) is 5.97. The van der Waals surface area contributed by atoms with Gasteiger partial charge in [-0.2, -0.15) is 4.39 Å². The average molecular weight is 353 g/mol. The molecule has 1 saturated carbocycles. The van der Waals surface area contributed by atoms with E-state index in [-0.39, 0.29) is 11.7 Å². The highest BCUT2D eigenvalue weighted by molar-refractivity contribution is 5.33. The molecule has 142 valence electrons. The maximum absolute atomic E-state index is 14.4. The van der Waals surface area contributed by atoms with Gasteiger partial charge in [-0.15, -0.1) is 0 Å². The Kier molecular flexibility index (Phi) is 8.71. The van der Waals surface area contributed by atoms with Gasteiger partial charge in [0.1, 0.15) is 0 Å². The van der Waals surface area contributed by atoms with E-state index in [4.69, 9.17) is 4.74 Å². The van der Waals surface area contributed by atoms with Crippen molar-refractivity contribution in [3.05, 3.63) is 29.3 Å². The van der Waals surface area contributed by atoms with Crippen LogP contribution in [0.4, 0.5) is 8.78 Å². The molecule has 1 aliphatic carbocycles. The highest BCUT2D eigenvalue weighted by atomic mass is 19.2. The maximum atomic E-state index is 14.4. The lowest BCUT2D eigenvalue weighted by Crippen LogP contribution is -2.15. The van der Waals surface area contributed by atoms with Gasteiger partial charge in [0, 0.05) is 0 Å². The second-order valence-electron chi connectivity index (χ2n) is 7.55. The fourth-order valence-corrected chi connectivity index (χ4v) is 3.98. The van der Waals surface area contributed by atoms with Crippen LogP contribution in [-0.2, 0) is 0 Å². The van der Waals surface area contributed by atoms with E-state index in [0.29, 0.717) is 12.2 Å². The van der Waals surface area contributed by atoms with E-state index in [0.717, 1.165) is 38.0 Å². The van der Waals surface area contributed by atoms with E-state index in [2.05, 4.69) is 6.92 Å². The van der Waals surface area contributed by atoms with Gasteiger partial charge in [0.15, 0.2) is 11.6 Å². The second kappa shape index (κ2) is 10.8. The first-order valence-corrected chi connectivity index (χ1v) is 10.3. The smallest absolute Gasteiger partial charge is 0.200 e. The zero-order valence-corrected chi connectivity index (χ0v) is 16.0. The van der Waals surface area contributed by atoms with Crippen molar-refractivity contribution in [2.45, 2.75) is 90.4 Å². The molecule has 2 rings (SSSR count). The number of ether oxygens (including phenoxy) is 1. The predicted octanol–water partition coefficient (Wildman–Crippen LogP) is 7.39. The van der Waals surface area contributed by atoms with Crippen molar-refractivity contribution in [3.8, 4) is 5.75 Å². The van der Waals surface area contributed by atoms with Crippen molar-refractivity contribution in [3.63, 3.8) is 0 Å². The zero-order valence-electron chi connectivity index (χ0n) is 16.0. The van der Waals surface area contributed by atoms with Crippen LogP contribution in [0, 0.1) is 17.6 Å². The summed E-state index contributed by atoms with van der Waals surface area (Å²) in [5, 5.41) is 0. The Morgan fingerprint density at radius 1 is 0.880 bits per heavy atom. The summed E-state index contributed by atoms with van der Waals surface area (Å²) in [5.74, 6) is -0.534. The first kappa shape index (κ1) is 20.2. The van der Waals surface area contributed by atoms with Crippen molar-refractivity contribution in [2.24, 2.45) is 5.92 Å². The van der Waals surface area contributed by atoms with Crippen molar-refractivity contribution < 1.29 is 13.5 Å². The van der Waals surface area contributed by atoms with Crippen LogP contribution in [0.3, 0.4) is 0 Å². The minimum Gasteiger partial charge on any atom is -0.490 e. The molecule has 0 aromatic heterocycles. The van der Waals surface area contributed by atoms with E-state index in [1.165, 1.54) is 38.5 Å². The molecule has 3 heteroatoms. The topological polar surface area (TPSA) is 9.23 Å². The molecule has 1 nitrogen and oxygen atoms in total. The zero-order chi connectivity index (χ0) is 18.1. The number of hydrogen-bond acceptors (Lipinski definition) is 1. The summed E-state index contributed by atoms with van der Waals surface area (Å²) in [6.45, 7) is 4.61. The molecule has 1 aliphatic rings. The molecular formula is C22H34F2O. The third-order valence-electron chi connectivity index (χ3n) is 5.54. The van der Waals surface area contributed by atoms with Gasteiger partial charge in [-0.3, -0.25) is 0 Å². The molecule has 1 aromatic rings. The molecule has 0 heterocycles. The number of rotatable bonds is 10. The van der Waals surface area contributed by atoms with E-state index in [9.17, 15) is 8.78 Å². The quantitative estimate of drug-likeness (QED) is 0.399. The molecule has 1 fully saturated rings. The Morgan fingerprint density at radius 3 is 2.28 bits per heavy atom. The summed E-state index contributed by atoms with van der Waals surface area (Å²) in [5.41, 5.74) is 0.544. The molecular weight excluding hydrogens is 318 g/mol. The largest absolute Gasteiger partial charge is 0.490 e. The van der Waals surface area contributed by atoms with Crippen LogP contribution < -0.4 is 4.74 Å².